The van der Waals surface area contributed by atoms with E-state index in [1.807, 2.05) is 18.2 Å². The molecule has 1 unspecified atom stereocenters. The topological polar surface area (TPSA) is 84.6 Å². The number of carbonyl (C=O) groups is 1. The highest BCUT2D eigenvalue weighted by atomic mass is 79.9. The molecular weight excluding hydrogens is 300 g/mol. The van der Waals surface area contributed by atoms with Crippen LogP contribution in [0.15, 0.2) is 22.7 Å². The van der Waals surface area contributed by atoms with Crippen LogP contribution in [0.25, 0.3) is 0 Å². The second kappa shape index (κ2) is 7.35. The van der Waals surface area contributed by atoms with Crippen molar-refractivity contribution < 1.29 is 14.6 Å². The van der Waals surface area contributed by atoms with Crippen molar-refractivity contribution in [1.29, 1.82) is 0 Å². The fourth-order valence-electron chi connectivity index (χ4n) is 1.49. The van der Waals surface area contributed by atoms with Gasteiger partial charge in [0.25, 0.3) is 0 Å². The van der Waals surface area contributed by atoms with Crippen LogP contribution in [0, 0.1) is 0 Å². The normalized spacial score (nSPS) is 12.0. The maximum atomic E-state index is 11.3. The van der Waals surface area contributed by atoms with Gasteiger partial charge in [-0.3, -0.25) is 4.79 Å². The number of halogens is 1. The summed E-state index contributed by atoms with van der Waals surface area (Å²) in [5, 5.41) is 11.8. The molecule has 0 bridgehead atoms. The van der Waals surface area contributed by atoms with Crippen LogP contribution >= 0.6 is 15.9 Å². The molecule has 0 aliphatic heterocycles. The highest BCUT2D eigenvalue weighted by Crippen LogP contribution is 2.23. The van der Waals surface area contributed by atoms with Gasteiger partial charge in [-0.15, -0.1) is 0 Å². The molecule has 1 aromatic carbocycles. The van der Waals surface area contributed by atoms with Crippen molar-refractivity contribution >= 4 is 21.8 Å². The Morgan fingerprint density at radius 1 is 1.61 bits per heavy atom. The predicted molar refractivity (Wildman–Crippen MR) is 72.5 cm³/mol. The summed E-state index contributed by atoms with van der Waals surface area (Å²) in [5.74, 6) is 0.318. The van der Waals surface area contributed by atoms with Crippen molar-refractivity contribution in [1.82, 2.24) is 5.32 Å². The quantitative estimate of drug-likeness (QED) is 0.711. The number of nitrogens with two attached hydrogens (primary N) is 1. The number of benzene rings is 1. The number of aliphatic hydroxyl groups is 1. The Balaban J connectivity index is 2.53. The lowest BCUT2D eigenvalue weighted by Crippen LogP contribution is -2.40. The zero-order valence-corrected chi connectivity index (χ0v) is 11.7. The molecule has 100 valence electrons. The van der Waals surface area contributed by atoms with E-state index < -0.39 is 12.0 Å². The maximum absolute atomic E-state index is 11.3. The molecule has 0 spiro atoms. The molecule has 0 heterocycles. The van der Waals surface area contributed by atoms with Crippen LogP contribution in [-0.4, -0.2) is 37.3 Å². The van der Waals surface area contributed by atoms with Gasteiger partial charge in [0.15, 0.2) is 0 Å². The molecular formula is C12H17BrN2O3. The van der Waals surface area contributed by atoms with E-state index in [9.17, 15) is 9.90 Å². The highest BCUT2D eigenvalue weighted by Gasteiger charge is 2.12. The van der Waals surface area contributed by atoms with Crippen molar-refractivity contribution in [3.63, 3.8) is 0 Å². The summed E-state index contributed by atoms with van der Waals surface area (Å²) < 4.78 is 6.17. The molecule has 1 amide bonds. The summed E-state index contributed by atoms with van der Waals surface area (Å²) in [6.07, 6.45) is -0.527. The molecule has 4 N–H and O–H groups in total. The fraction of sp³-hybridized carbons (Fsp3) is 0.417. The van der Waals surface area contributed by atoms with E-state index in [1.54, 1.807) is 7.11 Å². The molecule has 0 saturated heterocycles. The van der Waals surface area contributed by atoms with E-state index in [0.29, 0.717) is 13.0 Å². The Bertz CT molecular complexity index is 412. The van der Waals surface area contributed by atoms with E-state index >= 15 is 0 Å². The number of hydrogen-bond acceptors (Lipinski definition) is 4. The number of amides is 1. The molecule has 5 nitrogen and oxygen atoms in total. The van der Waals surface area contributed by atoms with E-state index in [-0.39, 0.29) is 6.54 Å². The lowest BCUT2D eigenvalue weighted by atomic mass is 10.1. The van der Waals surface area contributed by atoms with Gasteiger partial charge in [0.05, 0.1) is 7.11 Å². The van der Waals surface area contributed by atoms with Crippen molar-refractivity contribution in [3.8, 4) is 5.75 Å². The molecule has 0 aliphatic carbocycles. The van der Waals surface area contributed by atoms with Gasteiger partial charge in [0.1, 0.15) is 11.9 Å². The van der Waals surface area contributed by atoms with E-state index in [0.717, 1.165) is 15.8 Å². The molecule has 1 rings (SSSR count). The molecule has 0 saturated carbocycles. The van der Waals surface area contributed by atoms with Crippen LogP contribution in [0.3, 0.4) is 0 Å². The first-order chi connectivity index (χ1) is 8.58. The first-order valence-electron chi connectivity index (χ1n) is 5.56. The number of aliphatic hydroxyl groups excluding tert-OH is 1. The number of methoxy groups -OCH3 is 1. The van der Waals surface area contributed by atoms with Crippen LogP contribution in [0.2, 0.25) is 0 Å². The number of hydrogen-bond donors (Lipinski definition) is 3. The van der Waals surface area contributed by atoms with Gasteiger partial charge < -0.3 is 20.9 Å². The Hall–Kier alpha value is -1.11. The lowest BCUT2D eigenvalue weighted by Gasteiger charge is -2.11. The van der Waals surface area contributed by atoms with Gasteiger partial charge in [0, 0.05) is 17.6 Å². The summed E-state index contributed by atoms with van der Waals surface area (Å²) in [4.78, 5) is 11.3. The first-order valence-corrected chi connectivity index (χ1v) is 6.36. The van der Waals surface area contributed by atoms with E-state index in [1.165, 1.54) is 0 Å². The Labute approximate surface area is 114 Å². The van der Waals surface area contributed by atoms with Gasteiger partial charge in [-0.1, -0.05) is 15.9 Å². The summed E-state index contributed by atoms with van der Waals surface area (Å²) in [6, 6.07) is 5.68. The second-order valence-electron chi connectivity index (χ2n) is 3.75. The van der Waals surface area contributed by atoms with Crippen molar-refractivity contribution in [2.45, 2.75) is 12.5 Å². The summed E-state index contributed by atoms with van der Waals surface area (Å²) in [7, 11) is 1.60. The van der Waals surface area contributed by atoms with Crippen LogP contribution in [0.4, 0.5) is 0 Å². The average Bonchev–Trinajstić information content (AvgIpc) is 2.38. The van der Waals surface area contributed by atoms with Gasteiger partial charge in [0.2, 0.25) is 5.91 Å². The molecule has 0 aliphatic rings. The smallest absolute Gasteiger partial charge is 0.250 e. The third kappa shape index (κ3) is 4.29. The average molecular weight is 317 g/mol. The predicted octanol–water partition coefficient (Wildman–Crippen LogP) is 0.436. The molecule has 6 heteroatoms. The summed E-state index contributed by atoms with van der Waals surface area (Å²) in [5.41, 5.74) is 6.17. The molecule has 0 aromatic heterocycles. The van der Waals surface area contributed by atoms with Crippen molar-refractivity contribution in [3.05, 3.63) is 28.2 Å². The monoisotopic (exact) mass is 316 g/mol. The van der Waals surface area contributed by atoms with Crippen molar-refractivity contribution in [2.24, 2.45) is 5.73 Å². The minimum atomic E-state index is -1.14. The van der Waals surface area contributed by atoms with Gasteiger partial charge in [-0.05, 0) is 30.2 Å². The van der Waals surface area contributed by atoms with Gasteiger partial charge >= 0.3 is 0 Å². The Morgan fingerprint density at radius 3 is 2.94 bits per heavy atom. The zero-order chi connectivity index (χ0) is 13.5. The minimum Gasteiger partial charge on any atom is -0.496 e. The van der Waals surface area contributed by atoms with Crippen molar-refractivity contribution in [2.75, 3.05) is 20.2 Å². The summed E-state index contributed by atoms with van der Waals surface area (Å²) >= 11 is 3.38. The largest absolute Gasteiger partial charge is 0.496 e. The second-order valence-corrected chi connectivity index (χ2v) is 4.66. The van der Waals surface area contributed by atoms with E-state index in [2.05, 4.69) is 21.2 Å². The summed E-state index contributed by atoms with van der Waals surface area (Å²) in [6.45, 7) is 0.342. The molecule has 18 heavy (non-hydrogen) atoms. The minimum absolute atomic E-state index is 0.0773. The maximum Gasteiger partial charge on any atom is 0.250 e. The van der Waals surface area contributed by atoms with Gasteiger partial charge in [-0.25, -0.2) is 0 Å². The number of ether oxygens (including phenoxy) is 1. The zero-order valence-electron chi connectivity index (χ0n) is 10.1. The first kappa shape index (κ1) is 14.9. The van der Waals surface area contributed by atoms with E-state index in [4.69, 9.17) is 10.5 Å². The van der Waals surface area contributed by atoms with Crippen LogP contribution < -0.4 is 15.8 Å². The Morgan fingerprint density at radius 2 is 2.33 bits per heavy atom. The van der Waals surface area contributed by atoms with Gasteiger partial charge in [-0.2, -0.15) is 0 Å². The molecule has 1 aromatic rings. The van der Waals surface area contributed by atoms with Crippen LogP contribution in [-0.2, 0) is 11.2 Å². The van der Waals surface area contributed by atoms with Crippen LogP contribution in [0.1, 0.15) is 5.56 Å². The number of nitrogens with one attached hydrogen (secondary N) is 1. The molecule has 0 radical (unpaired) electrons. The van der Waals surface area contributed by atoms with Crippen LogP contribution in [0.5, 0.6) is 5.75 Å². The highest BCUT2D eigenvalue weighted by molar-refractivity contribution is 9.10. The molecule has 1 atom stereocenters. The number of carbonyl (C=O) groups excluding carboxylic acids is 1. The third-order valence-electron chi connectivity index (χ3n) is 2.46. The SMILES string of the molecule is COc1ccc(Br)cc1CCNC(=O)C(O)CN. The lowest BCUT2D eigenvalue weighted by molar-refractivity contribution is -0.128. The standard InChI is InChI=1S/C12H17BrN2O3/c1-18-11-3-2-9(13)6-8(11)4-5-15-12(17)10(16)7-14/h2-3,6,10,16H,4-5,7,14H2,1H3,(H,15,17). The third-order valence-corrected chi connectivity index (χ3v) is 2.96. The number of rotatable bonds is 6. The Kier molecular flexibility index (Phi) is 6.11. The molecule has 0 fully saturated rings. The fourth-order valence-corrected chi connectivity index (χ4v) is 1.90.